The van der Waals surface area contributed by atoms with Crippen molar-refractivity contribution in [3.8, 4) is 17.0 Å². The first kappa shape index (κ1) is 45.4. The molecule has 5 aromatic rings. The highest BCUT2D eigenvalue weighted by molar-refractivity contribution is 6.10. The van der Waals surface area contributed by atoms with Gasteiger partial charge in [0.05, 0.1) is 41.8 Å². The first-order valence-electron chi connectivity index (χ1n) is 22.7. The fraction of sp³-hybridized carbons (Fsp3) is 0.365. The van der Waals surface area contributed by atoms with Gasteiger partial charge in [-0.05, 0) is 130 Å². The summed E-state index contributed by atoms with van der Waals surface area (Å²) >= 11 is 0. The van der Waals surface area contributed by atoms with E-state index in [9.17, 15) is 24.3 Å². The van der Waals surface area contributed by atoms with Crippen molar-refractivity contribution in [2.24, 2.45) is 10.4 Å². The number of anilines is 2. The fourth-order valence-electron chi connectivity index (χ4n) is 9.84. The van der Waals surface area contributed by atoms with Crippen molar-refractivity contribution in [3.05, 3.63) is 130 Å². The van der Waals surface area contributed by atoms with Crippen LogP contribution in [0.15, 0.2) is 84.1 Å². The van der Waals surface area contributed by atoms with E-state index in [1.54, 1.807) is 30.0 Å². The minimum absolute atomic E-state index is 0.0633. The van der Waals surface area contributed by atoms with Gasteiger partial charge in [0, 0.05) is 61.4 Å². The number of methoxy groups -OCH3 is 1. The van der Waals surface area contributed by atoms with Crippen molar-refractivity contribution in [2.75, 3.05) is 50.1 Å². The van der Waals surface area contributed by atoms with E-state index in [0.717, 1.165) is 68.2 Å². The van der Waals surface area contributed by atoms with Crippen LogP contribution in [-0.4, -0.2) is 93.9 Å². The van der Waals surface area contributed by atoms with E-state index in [4.69, 9.17) is 9.73 Å². The number of amides is 3. The third-order valence-electron chi connectivity index (χ3n) is 14.0. The molecule has 2 N–H and O–H groups in total. The number of likely N-dealkylation sites (tertiary alicyclic amines) is 2. The Kier molecular flexibility index (Phi) is 12.3. The van der Waals surface area contributed by atoms with Crippen LogP contribution in [0.1, 0.15) is 101 Å². The van der Waals surface area contributed by atoms with Crippen molar-refractivity contribution in [1.82, 2.24) is 19.8 Å². The molecule has 1 spiro atoms. The van der Waals surface area contributed by atoms with Gasteiger partial charge in [-0.15, -0.1) is 0 Å². The Bertz CT molecular complexity index is 2820. The van der Waals surface area contributed by atoms with Crippen molar-refractivity contribution in [1.29, 1.82) is 0 Å². The van der Waals surface area contributed by atoms with E-state index in [1.807, 2.05) is 4.90 Å². The Balaban J connectivity index is 0.795. The average Bonchev–Trinajstić information content (AvgIpc) is 3.76. The molecule has 13 nitrogen and oxygen atoms in total. The van der Waals surface area contributed by atoms with E-state index >= 15 is 8.78 Å². The third kappa shape index (κ3) is 9.35. The van der Waals surface area contributed by atoms with E-state index in [-0.39, 0.29) is 53.6 Å². The minimum Gasteiger partial charge on any atom is -0.495 e. The molecule has 0 aliphatic carbocycles. The Hall–Kier alpha value is -6.71. The lowest BCUT2D eigenvalue weighted by Gasteiger charge is -2.47. The number of halogens is 2. The molecule has 3 saturated heterocycles. The molecule has 9 rings (SSSR count). The van der Waals surface area contributed by atoms with Crippen molar-refractivity contribution >= 4 is 46.4 Å². The Morgan fingerprint density at radius 3 is 2.30 bits per heavy atom. The maximum Gasteiger partial charge on any atom is 0.258 e. The summed E-state index contributed by atoms with van der Waals surface area (Å²) in [5, 5.41) is 12.9. The number of fused-ring (bicyclic) bond motifs is 1. The van der Waals surface area contributed by atoms with Crippen LogP contribution >= 0.6 is 0 Å². The second-order valence-corrected chi connectivity index (χ2v) is 18.8. The number of carbonyl (C=O) groups excluding carboxylic acids is 4. The standard InChI is InChI=1S/C52H53F2N7O6/c1-31-39(25-36(53)26-42(31)58-49(64)38-11-10-35(24-41(38)54)51(2,3)66)47-40-28-43(57-48(40)56-30-55-47)33-7-5-32(6-8-33)29-59-19-14-52(15-20-59)16-21-60(22-17-52)50(65)34-9-12-45(67-4)44(23-34)61-18-13-37(62)27-46(61)63/h5-12,23-26,30,66H,13-22,27-29H2,1-4H3,(H,58,64). The Morgan fingerprint density at radius 1 is 0.881 bits per heavy atom. The number of carbonyl (C=O) groups is 4. The largest absolute Gasteiger partial charge is 0.495 e. The van der Waals surface area contributed by atoms with Crippen LogP contribution < -0.4 is 15.0 Å². The number of hydrogen-bond donors (Lipinski definition) is 2. The zero-order valence-electron chi connectivity index (χ0n) is 38.1. The first-order chi connectivity index (χ1) is 32.1. The molecule has 0 saturated carbocycles. The molecule has 346 valence electrons. The van der Waals surface area contributed by atoms with Gasteiger partial charge in [-0.25, -0.2) is 23.7 Å². The zero-order chi connectivity index (χ0) is 47.2. The van der Waals surface area contributed by atoms with Gasteiger partial charge in [-0.1, -0.05) is 30.3 Å². The maximum atomic E-state index is 15.2. The summed E-state index contributed by atoms with van der Waals surface area (Å²) in [6, 6.07) is 20.0. The lowest BCUT2D eigenvalue weighted by Crippen LogP contribution is -2.48. The van der Waals surface area contributed by atoms with Crippen LogP contribution in [0.5, 0.6) is 5.75 Å². The molecule has 1 aromatic heterocycles. The van der Waals surface area contributed by atoms with E-state index in [1.165, 1.54) is 57.1 Å². The molecule has 3 fully saturated rings. The summed E-state index contributed by atoms with van der Waals surface area (Å²) in [5.74, 6) is -1.61. The van der Waals surface area contributed by atoms with Crippen LogP contribution in [-0.2, 0) is 28.2 Å². The molecule has 0 unspecified atom stereocenters. The number of ketones is 1. The number of hydrogen-bond acceptors (Lipinski definition) is 10. The maximum absolute atomic E-state index is 15.2. The van der Waals surface area contributed by atoms with Crippen LogP contribution in [0.2, 0.25) is 0 Å². The van der Waals surface area contributed by atoms with Gasteiger partial charge in [-0.2, -0.15) is 0 Å². The van der Waals surface area contributed by atoms with E-state index < -0.39 is 23.1 Å². The van der Waals surface area contributed by atoms with Crippen molar-refractivity contribution < 1.29 is 37.8 Å². The summed E-state index contributed by atoms with van der Waals surface area (Å²) in [5.41, 5.74) is 5.34. The van der Waals surface area contributed by atoms with Gasteiger partial charge >= 0.3 is 0 Å². The lowest BCUT2D eigenvalue weighted by molar-refractivity contribution is -0.128. The lowest BCUT2D eigenvalue weighted by atomic mass is 9.71. The van der Waals surface area contributed by atoms with E-state index in [0.29, 0.717) is 64.7 Å². The summed E-state index contributed by atoms with van der Waals surface area (Å²) in [6.07, 6.45) is 5.94. The fourth-order valence-corrected chi connectivity index (χ4v) is 9.84. The van der Waals surface area contributed by atoms with Gasteiger partial charge in [0.1, 0.15) is 29.5 Å². The summed E-state index contributed by atoms with van der Waals surface area (Å²) in [6.45, 7) is 9.14. The number of aromatic nitrogens is 2. The molecule has 3 amide bonds. The number of piperidine rings is 3. The van der Waals surface area contributed by atoms with Crippen LogP contribution in [0.4, 0.5) is 26.0 Å². The number of nitrogens with zero attached hydrogens (tertiary/aromatic N) is 6. The minimum atomic E-state index is -1.29. The number of aliphatic imine (C=N–C) groups is 1. The number of benzene rings is 4. The molecule has 0 bridgehead atoms. The number of ether oxygens (including phenoxy) is 1. The van der Waals surface area contributed by atoms with Gasteiger partial charge in [0.15, 0.2) is 5.82 Å². The second kappa shape index (κ2) is 18.2. The molecule has 67 heavy (non-hydrogen) atoms. The zero-order valence-corrected chi connectivity index (χ0v) is 38.1. The van der Waals surface area contributed by atoms with Crippen molar-refractivity contribution in [3.63, 3.8) is 0 Å². The Labute approximate surface area is 387 Å². The molecule has 0 atom stereocenters. The first-order valence-corrected chi connectivity index (χ1v) is 22.7. The highest BCUT2D eigenvalue weighted by Crippen LogP contribution is 2.43. The number of nitrogens with one attached hydrogen (secondary N) is 1. The number of Topliss-reactive ketones (excluding diaryl/α,β-unsaturated/α-hetero) is 1. The van der Waals surface area contributed by atoms with E-state index in [2.05, 4.69) is 44.5 Å². The molecule has 4 aromatic carbocycles. The Morgan fingerprint density at radius 2 is 1.61 bits per heavy atom. The van der Waals surface area contributed by atoms with Crippen LogP contribution in [0.25, 0.3) is 11.3 Å². The number of rotatable bonds is 10. The predicted octanol–water partition coefficient (Wildman–Crippen LogP) is 8.11. The monoisotopic (exact) mass is 909 g/mol. The highest BCUT2D eigenvalue weighted by atomic mass is 19.1. The summed E-state index contributed by atoms with van der Waals surface area (Å²) in [4.78, 5) is 71.3. The average molecular weight is 910 g/mol. The third-order valence-corrected chi connectivity index (χ3v) is 14.0. The smallest absolute Gasteiger partial charge is 0.258 e. The van der Waals surface area contributed by atoms with Gasteiger partial charge in [0.2, 0.25) is 5.91 Å². The van der Waals surface area contributed by atoms with Crippen LogP contribution in [0, 0.1) is 24.0 Å². The highest BCUT2D eigenvalue weighted by Gasteiger charge is 2.39. The normalized spacial score (nSPS) is 17.4. The molecule has 5 heterocycles. The molecule has 4 aliphatic rings. The quantitative estimate of drug-likeness (QED) is 0.132. The predicted molar refractivity (Wildman–Crippen MR) is 250 cm³/mol. The number of aliphatic hydroxyl groups is 1. The molecular weight excluding hydrogens is 857 g/mol. The summed E-state index contributed by atoms with van der Waals surface area (Å²) in [7, 11) is 1.53. The van der Waals surface area contributed by atoms with Gasteiger partial charge in [-0.3, -0.25) is 24.1 Å². The van der Waals surface area contributed by atoms with Gasteiger partial charge < -0.3 is 25.0 Å². The molecular formula is C52H53F2N7O6. The SMILES string of the molecule is COc1ccc(C(=O)N2CCC3(CCN(Cc4ccc(C5=Nc6ncnc(-c7cc(F)cc(NC(=O)c8ccc(C(C)(C)O)cc8F)c7C)c6C5)cc4)CC3)CC2)cc1N1CCC(=O)CC1=O. The van der Waals surface area contributed by atoms with Gasteiger partial charge in [0.25, 0.3) is 11.8 Å². The second-order valence-electron chi connectivity index (χ2n) is 18.8. The molecule has 0 radical (unpaired) electrons. The topological polar surface area (TPSA) is 158 Å². The van der Waals surface area contributed by atoms with Crippen molar-refractivity contribution in [2.45, 2.75) is 77.9 Å². The summed E-state index contributed by atoms with van der Waals surface area (Å²) < 4.78 is 35.8. The van der Waals surface area contributed by atoms with Crippen LogP contribution in [0.3, 0.4) is 0 Å². The molecule has 4 aliphatic heterocycles. The molecule has 15 heteroatoms.